The van der Waals surface area contributed by atoms with Gasteiger partial charge in [0.25, 0.3) is 11.8 Å². The van der Waals surface area contributed by atoms with Crippen LogP contribution in [0.1, 0.15) is 43.2 Å². The van der Waals surface area contributed by atoms with E-state index in [1.807, 2.05) is 0 Å². The molecule has 3 heterocycles. The third-order valence-electron chi connectivity index (χ3n) is 9.39. The van der Waals surface area contributed by atoms with Gasteiger partial charge in [-0.1, -0.05) is 48.5 Å². The molecule has 3 N–H and O–H groups in total. The van der Waals surface area contributed by atoms with Gasteiger partial charge in [0.2, 0.25) is 26.8 Å². The van der Waals surface area contributed by atoms with Crippen molar-refractivity contribution in [1.82, 2.24) is 15.5 Å². The summed E-state index contributed by atoms with van der Waals surface area (Å²) in [7, 11) is -4.31. The van der Waals surface area contributed by atoms with Crippen LogP contribution in [0.2, 0.25) is 0 Å². The summed E-state index contributed by atoms with van der Waals surface area (Å²) in [4.78, 5) is 41.8. The number of halogens is 3. The zero-order chi connectivity index (χ0) is 31.6. The molecule has 0 radical (unpaired) electrons. The van der Waals surface area contributed by atoms with E-state index in [1.54, 1.807) is 48.5 Å². The number of alkyl halides is 2. The van der Waals surface area contributed by atoms with Crippen LogP contribution in [0.4, 0.5) is 13.2 Å². The molecule has 9 nitrogen and oxygen atoms in total. The number of carbonyl (C=O) groups is 3. The standard InChI is InChI=1S/C31H32F3N3O6S/c1-44(42,43)25(32)15-18(14-17-12-13-35-27(17)38)36-28(39)26-24-11-10-19(16-30(24,33)34)37(26)29(40)31(41)22-8-4-2-6-20(22)21-7-3-5-9-23(21)31/h2-9,15,17-19,24,26,41H,10-14,16H2,1H3,(H,35,38)(H,36,39)/b25-15-/t17-,18+,19-,24-,26-/m1/s1. The Hall–Kier alpha value is -3.71. The Bertz CT molecular complexity index is 1630. The van der Waals surface area contributed by atoms with Crippen LogP contribution in [0.15, 0.2) is 59.8 Å². The first-order chi connectivity index (χ1) is 20.7. The fourth-order valence-corrected chi connectivity index (χ4v) is 7.73. The number of aliphatic hydroxyl groups is 1. The average molecular weight is 632 g/mol. The van der Waals surface area contributed by atoms with Crippen LogP contribution in [-0.4, -0.2) is 73.0 Å². The molecule has 2 bridgehead atoms. The highest BCUT2D eigenvalue weighted by Crippen LogP contribution is 2.53. The van der Waals surface area contributed by atoms with Crippen molar-refractivity contribution in [3.05, 3.63) is 70.9 Å². The van der Waals surface area contributed by atoms with Crippen molar-refractivity contribution in [2.75, 3.05) is 12.8 Å². The fraction of sp³-hybridized carbons (Fsp3) is 0.452. The second kappa shape index (κ2) is 10.7. The van der Waals surface area contributed by atoms with Crippen molar-refractivity contribution in [2.24, 2.45) is 11.8 Å². The maximum atomic E-state index is 15.4. The summed E-state index contributed by atoms with van der Waals surface area (Å²) >= 11 is 0. The molecule has 3 aliphatic heterocycles. The van der Waals surface area contributed by atoms with Gasteiger partial charge in [0.05, 0.1) is 12.0 Å². The molecule has 3 amide bonds. The summed E-state index contributed by atoms with van der Waals surface area (Å²) in [5, 5.41) is 15.8. The Kier molecular flexibility index (Phi) is 7.39. The number of rotatable bonds is 7. The van der Waals surface area contributed by atoms with Crippen LogP contribution < -0.4 is 10.6 Å². The molecule has 44 heavy (non-hydrogen) atoms. The number of amides is 3. The number of hydrogen-bond donors (Lipinski definition) is 3. The van der Waals surface area contributed by atoms with Gasteiger partial charge in [-0.2, -0.15) is 4.39 Å². The number of fused-ring (bicyclic) bond motifs is 6. The zero-order valence-corrected chi connectivity index (χ0v) is 24.6. The van der Waals surface area contributed by atoms with E-state index < -0.39 is 74.7 Å². The second-order valence-electron chi connectivity index (χ2n) is 12.1. The number of nitrogens with zero attached hydrogens (tertiary/aromatic N) is 1. The Balaban J connectivity index is 1.39. The van der Waals surface area contributed by atoms with Gasteiger partial charge in [-0.3, -0.25) is 14.4 Å². The predicted molar refractivity (Wildman–Crippen MR) is 153 cm³/mol. The van der Waals surface area contributed by atoms with Crippen molar-refractivity contribution >= 4 is 27.6 Å². The molecule has 13 heteroatoms. The molecule has 1 saturated carbocycles. The average Bonchev–Trinajstić information content (AvgIpc) is 3.50. The van der Waals surface area contributed by atoms with Gasteiger partial charge in [0, 0.05) is 42.3 Å². The first kappa shape index (κ1) is 30.3. The molecule has 0 aromatic heterocycles. The van der Waals surface area contributed by atoms with Gasteiger partial charge >= 0.3 is 0 Å². The molecule has 234 valence electrons. The number of benzene rings is 2. The SMILES string of the molecule is CS(=O)(=O)/C(F)=C\[C@H](C[C@H]1CCNC1=O)NC(=O)[C@H]1[C@H]2CC[C@H](CC2(F)F)N1C(=O)C1(O)c2ccccc2-c2ccccc21. The van der Waals surface area contributed by atoms with Crippen molar-refractivity contribution in [1.29, 1.82) is 0 Å². The molecule has 0 spiro atoms. The summed E-state index contributed by atoms with van der Waals surface area (Å²) < 4.78 is 69.1. The van der Waals surface area contributed by atoms with Crippen LogP contribution in [0.5, 0.6) is 0 Å². The van der Waals surface area contributed by atoms with Crippen LogP contribution in [0, 0.1) is 11.8 Å². The normalized spacial score (nSPS) is 27.3. The smallest absolute Gasteiger partial charge is 0.264 e. The third kappa shape index (κ3) is 4.90. The second-order valence-corrected chi connectivity index (χ2v) is 14.1. The number of carbonyl (C=O) groups excluding carboxylic acids is 3. The van der Waals surface area contributed by atoms with Crippen molar-refractivity contribution < 1.29 is 41.1 Å². The fourth-order valence-electron chi connectivity index (χ4n) is 7.32. The summed E-state index contributed by atoms with van der Waals surface area (Å²) in [5.74, 6) is -7.94. The van der Waals surface area contributed by atoms with Gasteiger partial charge in [-0.05, 0) is 42.9 Å². The highest BCUT2D eigenvalue weighted by atomic mass is 32.2. The minimum Gasteiger partial charge on any atom is -0.372 e. The molecule has 2 aliphatic carbocycles. The van der Waals surface area contributed by atoms with Crippen LogP contribution >= 0.6 is 0 Å². The van der Waals surface area contributed by atoms with Crippen LogP contribution in [-0.2, 0) is 29.8 Å². The molecular weight excluding hydrogens is 599 g/mol. The number of nitrogens with one attached hydrogen (secondary N) is 2. The van der Waals surface area contributed by atoms with E-state index in [2.05, 4.69) is 10.6 Å². The molecule has 7 rings (SSSR count). The number of piperidine rings is 2. The van der Waals surface area contributed by atoms with E-state index in [4.69, 9.17) is 0 Å². The largest absolute Gasteiger partial charge is 0.372 e. The van der Waals surface area contributed by atoms with Crippen molar-refractivity contribution in [3.63, 3.8) is 0 Å². The van der Waals surface area contributed by atoms with Crippen molar-refractivity contribution in [3.8, 4) is 11.1 Å². The van der Waals surface area contributed by atoms with Gasteiger partial charge in [-0.25, -0.2) is 17.2 Å². The lowest BCUT2D eigenvalue weighted by Crippen LogP contribution is -2.70. The first-order valence-electron chi connectivity index (χ1n) is 14.5. The van der Waals surface area contributed by atoms with Crippen LogP contribution in [0.25, 0.3) is 11.1 Å². The van der Waals surface area contributed by atoms with E-state index >= 15 is 8.78 Å². The number of sulfone groups is 1. The van der Waals surface area contributed by atoms with Gasteiger partial charge < -0.3 is 20.6 Å². The molecule has 4 fully saturated rings. The lowest BCUT2D eigenvalue weighted by atomic mass is 9.70. The maximum Gasteiger partial charge on any atom is 0.264 e. The minimum atomic E-state index is -4.31. The third-order valence-corrected chi connectivity index (χ3v) is 10.2. The molecular formula is C31H32F3N3O6S. The van der Waals surface area contributed by atoms with Gasteiger partial charge in [0.1, 0.15) is 6.04 Å². The van der Waals surface area contributed by atoms with Gasteiger partial charge in [0.15, 0.2) is 5.60 Å². The molecule has 5 aliphatic rings. The highest BCUT2D eigenvalue weighted by molar-refractivity contribution is 7.94. The summed E-state index contributed by atoms with van der Waals surface area (Å²) in [6.07, 6.45) is 0.872. The Morgan fingerprint density at radius 1 is 1.09 bits per heavy atom. The van der Waals surface area contributed by atoms with Gasteiger partial charge in [-0.15, -0.1) is 0 Å². The van der Waals surface area contributed by atoms with E-state index in [0.717, 1.165) is 4.90 Å². The lowest BCUT2D eigenvalue weighted by Gasteiger charge is -2.55. The van der Waals surface area contributed by atoms with E-state index in [-0.39, 0.29) is 36.3 Å². The topological polar surface area (TPSA) is 133 Å². The van der Waals surface area contributed by atoms with Crippen molar-refractivity contribution in [2.45, 2.75) is 61.8 Å². The quantitative estimate of drug-likeness (QED) is 0.431. The minimum absolute atomic E-state index is 0.0750. The monoisotopic (exact) mass is 631 g/mol. The Morgan fingerprint density at radius 2 is 1.70 bits per heavy atom. The number of hydrogen-bond acceptors (Lipinski definition) is 6. The summed E-state index contributed by atoms with van der Waals surface area (Å²) in [6, 6.07) is 9.27. The van der Waals surface area contributed by atoms with E-state index in [0.29, 0.717) is 36.4 Å². The molecule has 3 saturated heterocycles. The summed E-state index contributed by atoms with van der Waals surface area (Å²) in [6.45, 7) is 0.338. The molecule has 5 atom stereocenters. The highest BCUT2D eigenvalue weighted by Gasteiger charge is 2.63. The maximum absolute atomic E-state index is 15.4. The lowest BCUT2D eigenvalue weighted by molar-refractivity contribution is -0.201. The zero-order valence-electron chi connectivity index (χ0n) is 23.8. The first-order valence-corrected chi connectivity index (χ1v) is 16.4. The molecule has 2 aromatic rings. The Morgan fingerprint density at radius 3 is 2.25 bits per heavy atom. The van der Waals surface area contributed by atoms with E-state index in [9.17, 15) is 32.3 Å². The Labute approximate surface area is 252 Å². The molecule has 0 unspecified atom stereocenters. The van der Waals surface area contributed by atoms with Crippen LogP contribution in [0.3, 0.4) is 0 Å². The molecule has 2 aromatic carbocycles. The predicted octanol–water partition coefficient (Wildman–Crippen LogP) is 2.78. The van der Waals surface area contributed by atoms with E-state index in [1.165, 1.54) is 0 Å². The summed E-state index contributed by atoms with van der Waals surface area (Å²) in [5.41, 5.74) is -0.529.